The summed E-state index contributed by atoms with van der Waals surface area (Å²) in [4.78, 5) is 29.4. The molecule has 3 aromatic rings. The fraction of sp³-hybridized carbons (Fsp3) is 0.125. The van der Waals surface area contributed by atoms with Crippen LogP contribution in [0, 0.1) is 0 Å². The Morgan fingerprint density at radius 3 is 2.41 bits per heavy atom. The van der Waals surface area contributed by atoms with Crippen molar-refractivity contribution < 1.29 is 9.59 Å². The Kier molecular flexibility index (Phi) is 8.52. The molecule has 0 aliphatic heterocycles. The fourth-order valence-electron chi connectivity index (χ4n) is 3.29. The van der Waals surface area contributed by atoms with Crippen molar-refractivity contribution in [1.29, 1.82) is 0 Å². The van der Waals surface area contributed by atoms with Crippen LogP contribution in [-0.2, 0) is 4.79 Å². The molecule has 10 heteroatoms. The van der Waals surface area contributed by atoms with Gasteiger partial charge >= 0.3 is 0 Å². The molecule has 1 atom stereocenters. The first-order valence-corrected chi connectivity index (χ1v) is 11.3. The van der Waals surface area contributed by atoms with Crippen LogP contribution >= 0.6 is 34.8 Å². The Morgan fingerprint density at radius 1 is 0.971 bits per heavy atom. The van der Waals surface area contributed by atoms with Crippen molar-refractivity contribution in [1.82, 2.24) is 0 Å². The van der Waals surface area contributed by atoms with Crippen LogP contribution in [-0.4, -0.2) is 24.2 Å². The van der Waals surface area contributed by atoms with E-state index in [-0.39, 0.29) is 23.9 Å². The lowest BCUT2D eigenvalue weighted by atomic mass is 9.94. The second-order valence-electron chi connectivity index (χ2n) is 7.41. The van der Waals surface area contributed by atoms with Gasteiger partial charge in [-0.25, -0.2) is 0 Å². The number of hydrogen-bond acceptors (Lipinski definition) is 4. The number of nitrogens with two attached hydrogens (primary N) is 3. The molecule has 0 fully saturated rings. The number of nitrogens with zero attached hydrogens (tertiary/aromatic N) is 1. The first kappa shape index (κ1) is 25.5. The third-order valence-electron chi connectivity index (χ3n) is 5.01. The highest BCUT2D eigenvalue weighted by Gasteiger charge is 2.21. The second-order valence-corrected chi connectivity index (χ2v) is 8.66. The van der Waals surface area contributed by atoms with Crippen LogP contribution in [0.1, 0.15) is 33.8 Å². The van der Waals surface area contributed by atoms with Gasteiger partial charge in [0.2, 0.25) is 5.91 Å². The van der Waals surface area contributed by atoms with E-state index >= 15 is 0 Å². The van der Waals surface area contributed by atoms with Crippen molar-refractivity contribution in [2.75, 3.05) is 17.6 Å². The van der Waals surface area contributed by atoms with Crippen molar-refractivity contribution in [3.63, 3.8) is 0 Å². The number of amides is 2. The fourth-order valence-corrected chi connectivity index (χ4v) is 3.78. The molecule has 0 bridgehead atoms. The van der Waals surface area contributed by atoms with Gasteiger partial charge < -0.3 is 22.5 Å². The first-order valence-electron chi connectivity index (χ1n) is 10.2. The van der Waals surface area contributed by atoms with Crippen molar-refractivity contribution in [2.24, 2.45) is 16.5 Å². The Hall–Kier alpha value is -3.10. The molecule has 0 aliphatic carbocycles. The summed E-state index contributed by atoms with van der Waals surface area (Å²) in [7, 11) is 0. The van der Waals surface area contributed by atoms with Crippen LogP contribution in [0.2, 0.25) is 15.1 Å². The molecule has 0 aromatic heterocycles. The third-order valence-corrected chi connectivity index (χ3v) is 5.98. The lowest BCUT2D eigenvalue weighted by Crippen LogP contribution is -2.24. The summed E-state index contributed by atoms with van der Waals surface area (Å²) in [5, 5.41) is 3.97. The number of nitrogen functional groups attached to an aromatic ring is 1. The zero-order chi connectivity index (χ0) is 24.8. The number of halogens is 3. The van der Waals surface area contributed by atoms with Gasteiger partial charge in [-0.3, -0.25) is 9.59 Å². The first-order chi connectivity index (χ1) is 16.2. The summed E-state index contributed by atoms with van der Waals surface area (Å²) in [5.41, 5.74) is 19.8. The minimum Gasteiger partial charge on any atom is -0.398 e. The molecule has 0 saturated carbocycles. The third kappa shape index (κ3) is 6.27. The molecule has 0 radical (unpaired) electrons. The minimum absolute atomic E-state index is 0.0958. The Bertz CT molecular complexity index is 1260. The van der Waals surface area contributed by atoms with Gasteiger partial charge in [0.15, 0.2) is 0 Å². The van der Waals surface area contributed by atoms with Gasteiger partial charge in [0.05, 0.1) is 16.0 Å². The molecular weight excluding hydrogens is 497 g/mol. The van der Waals surface area contributed by atoms with E-state index < -0.39 is 11.8 Å². The summed E-state index contributed by atoms with van der Waals surface area (Å²) in [5.74, 6) is -1.53. The minimum atomic E-state index is -0.573. The van der Waals surface area contributed by atoms with Gasteiger partial charge in [0.1, 0.15) is 5.84 Å². The predicted molar refractivity (Wildman–Crippen MR) is 139 cm³/mol. The number of carbonyl (C=O) groups is 2. The number of nitrogens with one attached hydrogen (secondary N) is 1. The number of rotatable bonds is 7. The molecule has 3 rings (SSSR count). The second kappa shape index (κ2) is 11.4. The van der Waals surface area contributed by atoms with Crippen LogP contribution in [0.15, 0.2) is 65.7 Å². The molecule has 0 spiro atoms. The number of anilines is 2. The van der Waals surface area contributed by atoms with E-state index in [1.807, 2.05) is 0 Å². The average molecular weight is 519 g/mol. The number of benzene rings is 3. The molecule has 176 valence electrons. The highest BCUT2D eigenvalue weighted by atomic mass is 35.5. The topological polar surface area (TPSA) is 137 Å². The number of hydrogen-bond donors (Lipinski definition) is 4. The normalized spacial score (nSPS) is 12.3. The summed E-state index contributed by atoms with van der Waals surface area (Å²) in [6.07, 6.45) is 0.392. The molecule has 7 nitrogen and oxygen atoms in total. The number of amidine groups is 1. The Labute approximate surface area is 211 Å². The summed E-state index contributed by atoms with van der Waals surface area (Å²) in [6.45, 7) is 0.288. The van der Waals surface area contributed by atoms with Crippen LogP contribution in [0.4, 0.5) is 11.4 Å². The molecule has 2 amide bonds. The van der Waals surface area contributed by atoms with Crippen molar-refractivity contribution in [3.05, 3.63) is 92.4 Å². The monoisotopic (exact) mass is 517 g/mol. The molecule has 0 aliphatic rings. The summed E-state index contributed by atoms with van der Waals surface area (Å²) in [6, 6.07) is 16.1. The highest BCUT2D eigenvalue weighted by molar-refractivity contribution is 6.42. The largest absolute Gasteiger partial charge is 0.398 e. The predicted octanol–water partition coefficient (Wildman–Crippen LogP) is 4.85. The van der Waals surface area contributed by atoms with Crippen LogP contribution in [0.25, 0.3) is 0 Å². The van der Waals surface area contributed by atoms with E-state index in [0.29, 0.717) is 44.0 Å². The van der Waals surface area contributed by atoms with E-state index in [4.69, 9.17) is 52.0 Å². The molecule has 1 unspecified atom stereocenters. The Morgan fingerprint density at radius 2 is 1.74 bits per heavy atom. The molecule has 0 heterocycles. The summed E-state index contributed by atoms with van der Waals surface area (Å²) >= 11 is 18.0. The zero-order valence-corrected chi connectivity index (χ0v) is 20.2. The Balaban J connectivity index is 1.85. The number of aliphatic imine (C=N–C) groups is 1. The quantitative estimate of drug-likeness (QED) is 0.201. The van der Waals surface area contributed by atoms with Gasteiger partial charge in [-0.2, -0.15) is 4.99 Å². The average Bonchev–Trinajstić information content (AvgIpc) is 2.80. The maximum absolute atomic E-state index is 13.1. The standard InChI is InChI=1S/C24H22Cl3N5O2/c25-15-3-1-2-14(10-15)23(33)32-22(30)18-12-16(5-7-21(18)29)31-24(34)17(8-9-28)13-4-6-19(26)20(27)11-13/h1-7,10-12,17H,8-9,28-29H2,(H,31,34)(H2,30,32,33). The van der Waals surface area contributed by atoms with Crippen LogP contribution in [0.5, 0.6) is 0 Å². The van der Waals surface area contributed by atoms with Crippen LogP contribution in [0.3, 0.4) is 0 Å². The molecule has 34 heavy (non-hydrogen) atoms. The lowest BCUT2D eigenvalue weighted by molar-refractivity contribution is -0.117. The maximum Gasteiger partial charge on any atom is 0.278 e. The van der Waals surface area contributed by atoms with Crippen molar-refractivity contribution in [2.45, 2.75) is 12.3 Å². The van der Waals surface area contributed by atoms with Gasteiger partial charge in [-0.05, 0) is 67.1 Å². The molecule has 3 aromatic carbocycles. The van der Waals surface area contributed by atoms with E-state index in [1.54, 1.807) is 54.6 Å². The van der Waals surface area contributed by atoms with Gasteiger partial charge in [0, 0.05) is 27.5 Å². The maximum atomic E-state index is 13.1. The van der Waals surface area contributed by atoms with Gasteiger partial charge in [-0.1, -0.05) is 46.9 Å². The number of carbonyl (C=O) groups excluding carboxylic acids is 2. The highest BCUT2D eigenvalue weighted by Crippen LogP contribution is 2.29. The van der Waals surface area contributed by atoms with E-state index in [2.05, 4.69) is 10.3 Å². The molecule has 7 N–H and O–H groups in total. The van der Waals surface area contributed by atoms with Crippen molar-refractivity contribution >= 4 is 63.8 Å². The molecular formula is C24H22Cl3N5O2. The molecule has 0 saturated heterocycles. The smallest absolute Gasteiger partial charge is 0.278 e. The SMILES string of the molecule is NCCC(C(=O)Nc1ccc(N)c(C(N)=NC(=O)c2cccc(Cl)c2)c1)c1ccc(Cl)c(Cl)c1. The van der Waals surface area contributed by atoms with Gasteiger partial charge in [-0.15, -0.1) is 0 Å². The van der Waals surface area contributed by atoms with E-state index in [1.165, 1.54) is 6.07 Å². The van der Waals surface area contributed by atoms with Crippen LogP contribution < -0.4 is 22.5 Å². The van der Waals surface area contributed by atoms with Crippen molar-refractivity contribution in [3.8, 4) is 0 Å². The lowest BCUT2D eigenvalue weighted by Gasteiger charge is -2.18. The van der Waals surface area contributed by atoms with Gasteiger partial charge in [0.25, 0.3) is 5.91 Å². The zero-order valence-electron chi connectivity index (χ0n) is 17.9. The van der Waals surface area contributed by atoms with E-state index in [0.717, 1.165) is 0 Å². The summed E-state index contributed by atoms with van der Waals surface area (Å²) < 4.78 is 0. The van der Waals surface area contributed by atoms with E-state index in [9.17, 15) is 9.59 Å².